The molecule has 2 aromatic rings. The Bertz CT molecular complexity index is 1090. The van der Waals surface area contributed by atoms with Crippen molar-refractivity contribution >= 4 is 21.9 Å². The third-order valence-electron chi connectivity index (χ3n) is 4.76. The van der Waals surface area contributed by atoms with E-state index in [2.05, 4.69) is 5.32 Å². The fourth-order valence-corrected chi connectivity index (χ4v) is 4.56. The zero-order valence-corrected chi connectivity index (χ0v) is 18.2. The summed E-state index contributed by atoms with van der Waals surface area (Å²) in [6.45, 7) is 0.153. The number of carbonyl (C=O) groups excluding carboxylic acids is 2. The second-order valence-corrected chi connectivity index (χ2v) is 8.73. The summed E-state index contributed by atoms with van der Waals surface area (Å²) in [6.07, 6.45) is 0. The fourth-order valence-electron chi connectivity index (χ4n) is 3.06. The smallest absolute Gasteiger partial charge is 0.338 e. The fraction of sp³-hybridized carbons (Fsp3) is 0.333. The molecular weight excluding hydrogens is 443 g/mol. The predicted octanol–water partition coefficient (Wildman–Crippen LogP) is 1.33. The number of amides is 1. The average Bonchev–Trinajstić information content (AvgIpc) is 2.82. The van der Waals surface area contributed by atoms with E-state index >= 15 is 0 Å². The molecule has 3 rings (SSSR count). The van der Waals surface area contributed by atoms with Crippen molar-refractivity contribution < 1.29 is 36.6 Å². The number of hydrogen-bond donors (Lipinski definition) is 1. The van der Waals surface area contributed by atoms with Crippen LogP contribution in [0.1, 0.15) is 15.9 Å². The number of ether oxygens (including phenoxy) is 3. The van der Waals surface area contributed by atoms with E-state index in [9.17, 15) is 22.4 Å². The zero-order valence-electron chi connectivity index (χ0n) is 17.4. The van der Waals surface area contributed by atoms with Gasteiger partial charge in [-0.25, -0.2) is 17.6 Å². The first-order chi connectivity index (χ1) is 15.3. The molecule has 2 aromatic carbocycles. The van der Waals surface area contributed by atoms with Crippen molar-refractivity contribution in [1.29, 1.82) is 0 Å². The molecular formula is C21H23FN2O7S. The van der Waals surface area contributed by atoms with Gasteiger partial charge in [0.15, 0.2) is 6.61 Å². The number of sulfonamides is 1. The third-order valence-corrected chi connectivity index (χ3v) is 6.67. The number of morpholine rings is 1. The van der Waals surface area contributed by atoms with Crippen molar-refractivity contribution in [2.75, 3.05) is 40.0 Å². The van der Waals surface area contributed by atoms with Crippen LogP contribution in [0.2, 0.25) is 0 Å². The molecule has 11 heteroatoms. The van der Waals surface area contributed by atoms with Crippen LogP contribution < -0.4 is 10.1 Å². The molecule has 1 saturated heterocycles. The molecule has 1 N–H and O–H groups in total. The van der Waals surface area contributed by atoms with Crippen molar-refractivity contribution in [2.45, 2.75) is 11.4 Å². The number of para-hydroxylation sites is 1. The van der Waals surface area contributed by atoms with E-state index in [1.54, 1.807) is 24.3 Å². The molecule has 0 aliphatic carbocycles. The zero-order chi connectivity index (χ0) is 23.1. The van der Waals surface area contributed by atoms with Crippen LogP contribution >= 0.6 is 0 Å². The molecule has 0 aromatic heterocycles. The van der Waals surface area contributed by atoms with Crippen LogP contribution in [-0.4, -0.2) is 64.6 Å². The highest BCUT2D eigenvalue weighted by atomic mass is 32.2. The van der Waals surface area contributed by atoms with Gasteiger partial charge >= 0.3 is 5.97 Å². The number of hydrogen-bond acceptors (Lipinski definition) is 7. The van der Waals surface area contributed by atoms with Crippen molar-refractivity contribution in [2.24, 2.45) is 0 Å². The molecule has 0 spiro atoms. The maximum Gasteiger partial charge on any atom is 0.338 e. The lowest BCUT2D eigenvalue weighted by molar-refractivity contribution is -0.124. The molecule has 1 fully saturated rings. The summed E-state index contributed by atoms with van der Waals surface area (Å²) >= 11 is 0. The Kier molecular flexibility index (Phi) is 7.78. The van der Waals surface area contributed by atoms with Gasteiger partial charge in [0.2, 0.25) is 10.0 Å². The Morgan fingerprint density at radius 2 is 1.88 bits per heavy atom. The maximum absolute atomic E-state index is 14.3. The molecule has 0 radical (unpaired) electrons. The van der Waals surface area contributed by atoms with Crippen molar-refractivity contribution in [3.8, 4) is 5.75 Å². The minimum absolute atomic E-state index is 0.0861. The van der Waals surface area contributed by atoms with Gasteiger partial charge in [0.1, 0.15) is 16.5 Å². The summed E-state index contributed by atoms with van der Waals surface area (Å²) in [4.78, 5) is 23.7. The van der Waals surface area contributed by atoms with Gasteiger partial charge in [-0.15, -0.1) is 0 Å². The minimum Gasteiger partial charge on any atom is -0.496 e. The van der Waals surface area contributed by atoms with E-state index in [4.69, 9.17) is 14.2 Å². The van der Waals surface area contributed by atoms with Gasteiger partial charge < -0.3 is 19.5 Å². The number of halogens is 1. The predicted molar refractivity (Wildman–Crippen MR) is 111 cm³/mol. The number of esters is 1. The van der Waals surface area contributed by atoms with Gasteiger partial charge in [-0.1, -0.05) is 18.2 Å². The van der Waals surface area contributed by atoms with Gasteiger partial charge in [0.05, 0.1) is 25.9 Å². The Morgan fingerprint density at radius 3 is 2.59 bits per heavy atom. The minimum atomic E-state index is -4.15. The Hall–Kier alpha value is -3.02. The van der Waals surface area contributed by atoms with Gasteiger partial charge in [-0.3, -0.25) is 4.79 Å². The van der Waals surface area contributed by atoms with E-state index in [1.165, 1.54) is 7.11 Å². The van der Waals surface area contributed by atoms with E-state index in [1.807, 2.05) is 0 Å². The van der Waals surface area contributed by atoms with Gasteiger partial charge in [-0.2, -0.15) is 4.31 Å². The highest BCUT2D eigenvalue weighted by Gasteiger charge is 2.30. The SMILES string of the molecule is COc1ccccc1CNC(=O)COC(=O)c1ccc(F)c(S(=O)(=O)N2CCOCC2)c1. The Morgan fingerprint density at radius 1 is 1.16 bits per heavy atom. The third kappa shape index (κ3) is 5.61. The first-order valence-corrected chi connectivity index (χ1v) is 11.2. The summed E-state index contributed by atoms with van der Waals surface area (Å²) in [7, 11) is -2.63. The first-order valence-electron chi connectivity index (χ1n) is 9.76. The van der Waals surface area contributed by atoms with Crippen LogP contribution in [0.15, 0.2) is 47.4 Å². The average molecular weight is 466 g/mol. The molecule has 0 unspecified atom stereocenters. The molecule has 0 bridgehead atoms. The van der Waals surface area contributed by atoms with Crippen LogP contribution in [-0.2, 0) is 30.8 Å². The molecule has 1 heterocycles. The van der Waals surface area contributed by atoms with Gasteiger partial charge in [0, 0.05) is 25.2 Å². The Balaban J connectivity index is 1.61. The highest BCUT2D eigenvalue weighted by molar-refractivity contribution is 7.89. The molecule has 9 nitrogen and oxygen atoms in total. The summed E-state index contributed by atoms with van der Waals surface area (Å²) in [5.74, 6) is -1.89. The molecule has 1 aliphatic rings. The van der Waals surface area contributed by atoms with Crippen molar-refractivity contribution in [3.63, 3.8) is 0 Å². The lowest BCUT2D eigenvalue weighted by Crippen LogP contribution is -2.41. The van der Waals surface area contributed by atoms with Crippen molar-refractivity contribution in [1.82, 2.24) is 9.62 Å². The normalized spacial score (nSPS) is 14.6. The maximum atomic E-state index is 14.3. The van der Waals surface area contributed by atoms with E-state index in [0.717, 1.165) is 28.1 Å². The summed E-state index contributed by atoms with van der Waals surface area (Å²) < 4.78 is 56.1. The van der Waals surface area contributed by atoms with E-state index < -0.39 is 39.2 Å². The quantitative estimate of drug-likeness (QED) is 0.584. The molecule has 32 heavy (non-hydrogen) atoms. The summed E-state index contributed by atoms with van der Waals surface area (Å²) in [5, 5.41) is 2.60. The molecule has 172 valence electrons. The first kappa shape index (κ1) is 23.6. The van der Waals surface area contributed by atoms with Crippen LogP contribution in [0.5, 0.6) is 5.75 Å². The second-order valence-electron chi connectivity index (χ2n) is 6.83. The van der Waals surface area contributed by atoms with Gasteiger partial charge in [0.25, 0.3) is 5.91 Å². The summed E-state index contributed by atoms with van der Waals surface area (Å²) in [5.41, 5.74) is 0.557. The van der Waals surface area contributed by atoms with Crippen LogP contribution in [0.4, 0.5) is 4.39 Å². The van der Waals surface area contributed by atoms with Crippen LogP contribution in [0.25, 0.3) is 0 Å². The lowest BCUT2D eigenvalue weighted by atomic mass is 10.2. The van der Waals surface area contributed by atoms with Gasteiger partial charge in [-0.05, 0) is 24.3 Å². The molecule has 0 atom stereocenters. The molecule has 0 saturated carbocycles. The number of rotatable bonds is 8. The highest BCUT2D eigenvalue weighted by Crippen LogP contribution is 2.22. The standard InChI is InChI=1S/C21H23FN2O7S/c1-29-18-5-3-2-4-16(18)13-23-20(25)14-31-21(26)15-6-7-17(22)19(12-15)32(27,28)24-8-10-30-11-9-24/h2-7,12H,8-11,13-14H2,1H3,(H,23,25). The van der Waals surface area contributed by atoms with Crippen molar-refractivity contribution in [3.05, 3.63) is 59.4 Å². The van der Waals surface area contributed by atoms with E-state index in [-0.39, 0.29) is 38.4 Å². The topological polar surface area (TPSA) is 111 Å². The lowest BCUT2D eigenvalue weighted by Gasteiger charge is -2.26. The number of methoxy groups -OCH3 is 1. The number of benzene rings is 2. The monoisotopic (exact) mass is 466 g/mol. The molecule has 1 amide bonds. The van der Waals surface area contributed by atoms with Crippen LogP contribution in [0, 0.1) is 5.82 Å². The Labute approximate surface area is 185 Å². The van der Waals surface area contributed by atoms with Crippen LogP contribution in [0.3, 0.4) is 0 Å². The number of nitrogens with one attached hydrogen (secondary N) is 1. The van der Waals surface area contributed by atoms with E-state index in [0.29, 0.717) is 5.75 Å². The number of nitrogens with zero attached hydrogens (tertiary/aromatic N) is 1. The summed E-state index contributed by atoms with van der Waals surface area (Å²) in [6, 6.07) is 10.0. The largest absolute Gasteiger partial charge is 0.496 e. The number of carbonyl (C=O) groups is 2. The molecule has 1 aliphatic heterocycles. The second kappa shape index (κ2) is 10.5.